The normalized spacial score (nSPS) is 11.8. The Morgan fingerprint density at radius 2 is 2.23 bits per heavy atom. The van der Waals surface area contributed by atoms with Crippen LogP contribution < -0.4 is 0 Å². The van der Waals surface area contributed by atoms with E-state index in [0.29, 0.717) is 0 Å². The van der Waals surface area contributed by atoms with Crippen LogP contribution in [0.3, 0.4) is 0 Å². The Bertz CT molecular complexity index is 198. The molecule has 0 amide bonds. The lowest BCUT2D eigenvalue weighted by Gasteiger charge is -2.08. The molecule has 0 heterocycles. The molecule has 0 spiro atoms. The third kappa shape index (κ3) is 4.42. The van der Waals surface area contributed by atoms with E-state index < -0.39 is 11.9 Å². The standard InChI is InChI=1S/C9H14O4/c1-3-4-8(11)7(2)9(12)13-6-5-10/h3,7,10H,1,4-6H2,2H3. The molecule has 0 rings (SSSR count). The van der Waals surface area contributed by atoms with Gasteiger partial charge in [0.15, 0.2) is 5.78 Å². The van der Waals surface area contributed by atoms with Gasteiger partial charge >= 0.3 is 5.97 Å². The molecule has 4 heteroatoms. The molecular weight excluding hydrogens is 172 g/mol. The fraction of sp³-hybridized carbons (Fsp3) is 0.556. The molecule has 74 valence electrons. The van der Waals surface area contributed by atoms with Crippen LogP contribution in [0, 0.1) is 5.92 Å². The number of aliphatic hydroxyl groups is 1. The first-order valence-electron chi connectivity index (χ1n) is 4.04. The van der Waals surface area contributed by atoms with Crippen molar-refractivity contribution in [3.8, 4) is 0 Å². The van der Waals surface area contributed by atoms with Crippen LogP contribution >= 0.6 is 0 Å². The van der Waals surface area contributed by atoms with Gasteiger partial charge in [-0.2, -0.15) is 0 Å². The summed E-state index contributed by atoms with van der Waals surface area (Å²) in [5, 5.41) is 8.36. The topological polar surface area (TPSA) is 63.6 Å². The minimum absolute atomic E-state index is 0.0649. The number of aliphatic hydroxyl groups excluding tert-OH is 1. The van der Waals surface area contributed by atoms with Gasteiger partial charge in [-0.25, -0.2) is 0 Å². The van der Waals surface area contributed by atoms with Gasteiger partial charge in [-0.3, -0.25) is 9.59 Å². The van der Waals surface area contributed by atoms with Crippen molar-refractivity contribution in [2.75, 3.05) is 13.2 Å². The average molecular weight is 186 g/mol. The Morgan fingerprint density at radius 1 is 1.62 bits per heavy atom. The van der Waals surface area contributed by atoms with Gasteiger partial charge in [0.05, 0.1) is 6.61 Å². The number of allylic oxidation sites excluding steroid dienone is 1. The van der Waals surface area contributed by atoms with E-state index in [2.05, 4.69) is 11.3 Å². The lowest BCUT2D eigenvalue weighted by Crippen LogP contribution is -2.23. The van der Waals surface area contributed by atoms with E-state index in [1.165, 1.54) is 13.0 Å². The number of esters is 1. The molecule has 0 saturated carbocycles. The second-order valence-corrected chi connectivity index (χ2v) is 2.57. The lowest BCUT2D eigenvalue weighted by atomic mass is 10.0. The van der Waals surface area contributed by atoms with Gasteiger partial charge < -0.3 is 9.84 Å². The summed E-state index contributed by atoms with van der Waals surface area (Å²) < 4.78 is 4.58. The van der Waals surface area contributed by atoms with Crippen LogP contribution in [0.2, 0.25) is 0 Å². The van der Waals surface area contributed by atoms with E-state index in [-0.39, 0.29) is 25.4 Å². The van der Waals surface area contributed by atoms with Crippen LogP contribution in [-0.4, -0.2) is 30.1 Å². The van der Waals surface area contributed by atoms with Crippen LogP contribution in [0.5, 0.6) is 0 Å². The lowest BCUT2D eigenvalue weighted by molar-refractivity contribution is -0.151. The van der Waals surface area contributed by atoms with Crippen molar-refractivity contribution in [3.05, 3.63) is 12.7 Å². The molecule has 0 aliphatic carbocycles. The Labute approximate surface area is 77.2 Å². The van der Waals surface area contributed by atoms with Crippen LogP contribution in [-0.2, 0) is 14.3 Å². The number of ether oxygens (including phenoxy) is 1. The first kappa shape index (κ1) is 11.8. The molecule has 4 nitrogen and oxygen atoms in total. The molecule has 0 aliphatic heterocycles. The predicted octanol–water partition coefficient (Wildman–Crippen LogP) is 0.303. The van der Waals surface area contributed by atoms with Gasteiger partial charge in [0.25, 0.3) is 0 Å². The fourth-order valence-electron chi connectivity index (χ4n) is 0.722. The summed E-state index contributed by atoms with van der Waals surface area (Å²) in [6, 6.07) is 0. The number of ketones is 1. The number of rotatable bonds is 6. The van der Waals surface area contributed by atoms with E-state index in [0.717, 1.165) is 0 Å². The zero-order valence-electron chi connectivity index (χ0n) is 7.66. The minimum Gasteiger partial charge on any atom is -0.463 e. The average Bonchev–Trinajstić information content (AvgIpc) is 2.13. The van der Waals surface area contributed by atoms with Crippen molar-refractivity contribution in [1.82, 2.24) is 0 Å². The maximum absolute atomic E-state index is 11.1. The highest BCUT2D eigenvalue weighted by molar-refractivity contribution is 5.99. The molecular formula is C9H14O4. The van der Waals surface area contributed by atoms with Crippen molar-refractivity contribution >= 4 is 11.8 Å². The SMILES string of the molecule is C=CCC(=O)C(C)C(=O)OCCO. The monoisotopic (exact) mass is 186 g/mol. The summed E-state index contributed by atoms with van der Waals surface area (Å²) in [5.74, 6) is -1.59. The predicted molar refractivity (Wildman–Crippen MR) is 47.0 cm³/mol. The van der Waals surface area contributed by atoms with Gasteiger partial charge in [0, 0.05) is 6.42 Å². The molecule has 0 aromatic heterocycles. The van der Waals surface area contributed by atoms with Crippen molar-refractivity contribution in [1.29, 1.82) is 0 Å². The summed E-state index contributed by atoms with van der Waals surface area (Å²) in [6.45, 7) is 4.58. The number of carbonyl (C=O) groups is 2. The number of carbonyl (C=O) groups excluding carboxylic acids is 2. The number of hydrogen-bond acceptors (Lipinski definition) is 4. The maximum atomic E-state index is 11.1. The van der Waals surface area contributed by atoms with Crippen molar-refractivity contribution < 1.29 is 19.4 Å². The molecule has 0 radical (unpaired) electrons. The maximum Gasteiger partial charge on any atom is 0.316 e. The quantitative estimate of drug-likeness (QED) is 0.368. The second kappa shape index (κ2) is 6.37. The van der Waals surface area contributed by atoms with E-state index in [4.69, 9.17) is 5.11 Å². The van der Waals surface area contributed by atoms with E-state index in [9.17, 15) is 9.59 Å². The first-order valence-corrected chi connectivity index (χ1v) is 4.04. The number of Topliss-reactive ketones (excluding diaryl/α,β-unsaturated/α-hetero) is 1. The zero-order valence-corrected chi connectivity index (χ0v) is 7.66. The van der Waals surface area contributed by atoms with Crippen molar-refractivity contribution in [2.45, 2.75) is 13.3 Å². The molecule has 0 aromatic carbocycles. The highest BCUT2D eigenvalue weighted by Gasteiger charge is 2.21. The Hall–Kier alpha value is -1.16. The molecule has 0 aliphatic rings. The van der Waals surface area contributed by atoms with Crippen molar-refractivity contribution in [3.63, 3.8) is 0 Å². The molecule has 0 bridgehead atoms. The highest BCUT2D eigenvalue weighted by atomic mass is 16.5. The van der Waals surface area contributed by atoms with E-state index >= 15 is 0 Å². The molecule has 1 atom stereocenters. The molecule has 1 N–H and O–H groups in total. The summed E-state index contributed by atoms with van der Waals surface area (Å²) in [7, 11) is 0. The molecule has 0 aromatic rings. The van der Waals surface area contributed by atoms with Crippen molar-refractivity contribution in [2.24, 2.45) is 5.92 Å². The second-order valence-electron chi connectivity index (χ2n) is 2.57. The third-order valence-electron chi connectivity index (χ3n) is 1.52. The highest BCUT2D eigenvalue weighted by Crippen LogP contribution is 2.03. The molecule has 0 saturated heterocycles. The summed E-state index contributed by atoms with van der Waals surface area (Å²) in [6.07, 6.45) is 1.60. The zero-order chi connectivity index (χ0) is 10.3. The summed E-state index contributed by atoms with van der Waals surface area (Å²) in [5.41, 5.74) is 0. The molecule has 1 unspecified atom stereocenters. The van der Waals surface area contributed by atoms with E-state index in [1.54, 1.807) is 0 Å². The summed E-state index contributed by atoms with van der Waals surface area (Å²) in [4.78, 5) is 22.1. The Morgan fingerprint density at radius 3 is 2.69 bits per heavy atom. The first-order chi connectivity index (χ1) is 6.13. The summed E-state index contributed by atoms with van der Waals surface area (Å²) >= 11 is 0. The van der Waals surface area contributed by atoms with Gasteiger partial charge in [-0.05, 0) is 6.92 Å². The third-order valence-corrected chi connectivity index (χ3v) is 1.52. The van der Waals surface area contributed by atoms with Crippen LogP contribution in [0.25, 0.3) is 0 Å². The number of hydrogen-bond donors (Lipinski definition) is 1. The van der Waals surface area contributed by atoms with Gasteiger partial charge in [0.1, 0.15) is 12.5 Å². The van der Waals surface area contributed by atoms with Crippen LogP contribution in [0.4, 0.5) is 0 Å². The largest absolute Gasteiger partial charge is 0.463 e. The Balaban J connectivity index is 3.93. The smallest absolute Gasteiger partial charge is 0.316 e. The van der Waals surface area contributed by atoms with Gasteiger partial charge in [-0.1, -0.05) is 6.08 Å². The van der Waals surface area contributed by atoms with Crippen LogP contribution in [0.15, 0.2) is 12.7 Å². The molecule has 0 fully saturated rings. The Kier molecular flexibility index (Phi) is 5.80. The van der Waals surface area contributed by atoms with Crippen LogP contribution in [0.1, 0.15) is 13.3 Å². The van der Waals surface area contributed by atoms with Gasteiger partial charge in [-0.15, -0.1) is 6.58 Å². The van der Waals surface area contributed by atoms with Gasteiger partial charge in [0.2, 0.25) is 0 Å². The van der Waals surface area contributed by atoms with E-state index in [1.807, 2.05) is 0 Å². The fourth-order valence-corrected chi connectivity index (χ4v) is 0.722. The molecule has 13 heavy (non-hydrogen) atoms. The minimum atomic E-state index is -0.774.